The van der Waals surface area contributed by atoms with Gasteiger partial charge in [-0.05, 0) is 12.1 Å². The number of methoxy groups -OCH3 is 1. The van der Waals surface area contributed by atoms with E-state index in [9.17, 15) is 9.18 Å². The summed E-state index contributed by atoms with van der Waals surface area (Å²) >= 11 is 11.7. The Labute approximate surface area is 111 Å². The molecule has 0 aliphatic heterocycles. The molecular weight excluding hydrogens is 284 g/mol. The van der Waals surface area contributed by atoms with Crippen LogP contribution in [0.3, 0.4) is 0 Å². The number of carbonyl (C=O) groups is 1. The molecule has 0 amide bonds. The Morgan fingerprint density at radius 3 is 2.83 bits per heavy atom. The van der Waals surface area contributed by atoms with Gasteiger partial charge in [0.1, 0.15) is 5.82 Å². The Morgan fingerprint density at radius 1 is 1.44 bits per heavy atom. The highest BCUT2D eigenvalue weighted by Crippen LogP contribution is 2.36. The summed E-state index contributed by atoms with van der Waals surface area (Å²) < 4.78 is 22.7. The van der Waals surface area contributed by atoms with Gasteiger partial charge in [-0.3, -0.25) is 0 Å². The molecule has 0 atom stereocenters. The van der Waals surface area contributed by atoms with Gasteiger partial charge in [-0.1, -0.05) is 28.4 Å². The van der Waals surface area contributed by atoms with Crippen molar-refractivity contribution in [2.75, 3.05) is 7.11 Å². The van der Waals surface area contributed by atoms with Gasteiger partial charge in [-0.2, -0.15) is 0 Å². The molecule has 0 aliphatic rings. The molecule has 4 nitrogen and oxygen atoms in total. The highest BCUT2D eigenvalue weighted by molar-refractivity contribution is 6.39. The third-order valence-electron chi connectivity index (χ3n) is 2.20. The molecular formula is C11H6Cl2FNO3. The van der Waals surface area contributed by atoms with Gasteiger partial charge in [0.25, 0.3) is 0 Å². The first kappa shape index (κ1) is 12.9. The summed E-state index contributed by atoms with van der Waals surface area (Å²) in [5, 5.41) is 3.48. The minimum Gasteiger partial charge on any atom is -0.464 e. The largest absolute Gasteiger partial charge is 0.464 e. The van der Waals surface area contributed by atoms with Crippen molar-refractivity contribution in [1.29, 1.82) is 0 Å². The summed E-state index contributed by atoms with van der Waals surface area (Å²) in [6.45, 7) is 0. The first-order valence-electron chi connectivity index (χ1n) is 4.73. The molecule has 0 saturated carbocycles. The van der Waals surface area contributed by atoms with E-state index in [1.165, 1.54) is 19.2 Å². The van der Waals surface area contributed by atoms with E-state index in [1.54, 1.807) is 0 Å². The molecule has 0 radical (unpaired) electrons. The summed E-state index contributed by atoms with van der Waals surface area (Å²) in [5.74, 6) is -1.23. The Balaban J connectivity index is 2.53. The highest BCUT2D eigenvalue weighted by Gasteiger charge is 2.19. The standard InChI is InChI=1S/C11H6Cl2FNO3/c1-17-11(16)7-4-8(18-15-7)9-5(12)2-3-6(14)10(9)13/h2-4H,1H3. The van der Waals surface area contributed by atoms with Crippen LogP contribution in [0, 0.1) is 5.82 Å². The molecule has 0 saturated heterocycles. The van der Waals surface area contributed by atoms with Crippen LogP contribution in [-0.4, -0.2) is 18.2 Å². The van der Waals surface area contributed by atoms with E-state index in [0.717, 1.165) is 6.07 Å². The maximum atomic E-state index is 13.3. The zero-order valence-electron chi connectivity index (χ0n) is 9.04. The fourth-order valence-corrected chi connectivity index (χ4v) is 1.90. The lowest BCUT2D eigenvalue weighted by molar-refractivity contribution is 0.0589. The molecule has 0 fully saturated rings. The van der Waals surface area contributed by atoms with Crippen LogP contribution in [0.15, 0.2) is 22.7 Å². The van der Waals surface area contributed by atoms with Crippen LogP contribution >= 0.6 is 23.2 Å². The maximum Gasteiger partial charge on any atom is 0.360 e. The lowest BCUT2D eigenvalue weighted by Crippen LogP contribution is -2.00. The van der Waals surface area contributed by atoms with Gasteiger partial charge in [0.15, 0.2) is 11.5 Å². The van der Waals surface area contributed by atoms with E-state index in [-0.39, 0.29) is 27.1 Å². The predicted octanol–water partition coefficient (Wildman–Crippen LogP) is 3.57. The molecule has 1 aromatic carbocycles. The number of rotatable bonds is 2. The first-order chi connectivity index (χ1) is 8.54. The van der Waals surface area contributed by atoms with Crippen LogP contribution in [0.25, 0.3) is 11.3 Å². The summed E-state index contributed by atoms with van der Waals surface area (Å²) in [5.41, 5.74) is 0.0879. The molecule has 94 valence electrons. The van der Waals surface area contributed by atoms with Crippen LogP contribution in [0.5, 0.6) is 0 Å². The maximum absolute atomic E-state index is 13.3. The van der Waals surface area contributed by atoms with Crippen LogP contribution in [0.1, 0.15) is 10.5 Å². The van der Waals surface area contributed by atoms with E-state index in [1.807, 2.05) is 0 Å². The third-order valence-corrected chi connectivity index (χ3v) is 2.88. The van der Waals surface area contributed by atoms with Crippen molar-refractivity contribution in [3.05, 3.63) is 39.8 Å². The van der Waals surface area contributed by atoms with Gasteiger partial charge in [0, 0.05) is 6.07 Å². The quantitative estimate of drug-likeness (QED) is 0.626. The molecule has 7 heteroatoms. The van der Waals surface area contributed by atoms with E-state index in [4.69, 9.17) is 27.7 Å². The van der Waals surface area contributed by atoms with Gasteiger partial charge < -0.3 is 9.26 Å². The van der Waals surface area contributed by atoms with E-state index < -0.39 is 11.8 Å². The molecule has 0 unspecified atom stereocenters. The monoisotopic (exact) mass is 289 g/mol. The second kappa shape index (κ2) is 4.96. The Morgan fingerprint density at radius 2 is 2.17 bits per heavy atom. The second-order valence-corrected chi connectivity index (χ2v) is 4.07. The highest BCUT2D eigenvalue weighted by atomic mass is 35.5. The fraction of sp³-hybridized carbons (Fsp3) is 0.0909. The molecule has 0 spiro atoms. The minimum atomic E-state index is -0.673. The third kappa shape index (κ3) is 2.19. The zero-order chi connectivity index (χ0) is 13.3. The average molecular weight is 290 g/mol. The molecule has 18 heavy (non-hydrogen) atoms. The van der Waals surface area contributed by atoms with Gasteiger partial charge in [-0.25, -0.2) is 9.18 Å². The van der Waals surface area contributed by atoms with Crippen molar-refractivity contribution in [2.24, 2.45) is 0 Å². The van der Waals surface area contributed by atoms with Crippen molar-refractivity contribution in [1.82, 2.24) is 5.16 Å². The normalized spacial score (nSPS) is 10.4. The molecule has 1 aromatic heterocycles. The van der Waals surface area contributed by atoms with Crippen molar-refractivity contribution < 1.29 is 18.4 Å². The number of benzene rings is 1. The SMILES string of the molecule is COC(=O)c1cc(-c2c(Cl)ccc(F)c2Cl)on1. The summed E-state index contributed by atoms with van der Waals surface area (Å²) in [6, 6.07) is 3.74. The van der Waals surface area contributed by atoms with Gasteiger partial charge in [0.05, 0.1) is 22.7 Å². The summed E-state index contributed by atoms with van der Waals surface area (Å²) in [7, 11) is 1.21. The van der Waals surface area contributed by atoms with Crippen LogP contribution in [-0.2, 0) is 4.74 Å². The van der Waals surface area contributed by atoms with Gasteiger partial charge in [-0.15, -0.1) is 0 Å². The van der Waals surface area contributed by atoms with E-state index in [2.05, 4.69) is 9.89 Å². The zero-order valence-corrected chi connectivity index (χ0v) is 10.5. The molecule has 1 heterocycles. The van der Waals surface area contributed by atoms with Crippen LogP contribution in [0.2, 0.25) is 10.0 Å². The van der Waals surface area contributed by atoms with Crippen molar-refractivity contribution in [3.63, 3.8) is 0 Å². The van der Waals surface area contributed by atoms with Crippen LogP contribution in [0.4, 0.5) is 4.39 Å². The molecule has 2 rings (SSSR count). The number of halogens is 3. The fourth-order valence-electron chi connectivity index (χ4n) is 1.35. The van der Waals surface area contributed by atoms with Crippen LogP contribution < -0.4 is 0 Å². The van der Waals surface area contributed by atoms with E-state index in [0.29, 0.717) is 0 Å². The topological polar surface area (TPSA) is 52.3 Å². The van der Waals surface area contributed by atoms with Gasteiger partial charge in [0.2, 0.25) is 0 Å². The number of aromatic nitrogens is 1. The molecule has 0 bridgehead atoms. The Kier molecular flexibility index (Phi) is 3.54. The lowest BCUT2D eigenvalue weighted by atomic mass is 10.1. The number of nitrogens with zero attached hydrogens (tertiary/aromatic N) is 1. The number of ether oxygens (including phenoxy) is 1. The Bertz CT molecular complexity index is 612. The summed E-state index contributed by atoms with van der Waals surface area (Å²) in [4.78, 5) is 11.2. The summed E-state index contributed by atoms with van der Waals surface area (Å²) in [6.07, 6.45) is 0. The van der Waals surface area contributed by atoms with Crippen molar-refractivity contribution in [2.45, 2.75) is 0 Å². The first-order valence-corrected chi connectivity index (χ1v) is 5.49. The number of hydrogen-bond donors (Lipinski definition) is 0. The molecule has 0 aliphatic carbocycles. The smallest absolute Gasteiger partial charge is 0.360 e. The number of esters is 1. The Hall–Kier alpha value is -1.59. The molecule has 0 N–H and O–H groups in total. The lowest BCUT2D eigenvalue weighted by Gasteiger charge is -2.03. The van der Waals surface area contributed by atoms with E-state index >= 15 is 0 Å². The second-order valence-electron chi connectivity index (χ2n) is 3.29. The number of carbonyl (C=O) groups excluding carboxylic acids is 1. The minimum absolute atomic E-state index is 0.0519. The van der Waals surface area contributed by atoms with Crippen molar-refractivity contribution >= 4 is 29.2 Å². The average Bonchev–Trinajstić information content (AvgIpc) is 2.83. The predicted molar refractivity (Wildman–Crippen MR) is 63.3 cm³/mol. The molecule has 2 aromatic rings. The van der Waals surface area contributed by atoms with Crippen molar-refractivity contribution in [3.8, 4) is 11.3 Å². The van der Waals surface area contributed by atoms with Gasteiger partial charge >= 0.3 is 5.97 Å². The number of hydrogen-bond acceptors (Lipinski definition) is 4.